The minimum absolute atomic E-state index is 0.614. The number of nitrogens with one attached hydrogen (secondary N) is 2. The molecule has 1 unspecified atom stereocenters. The fourth-order valence-corrected chi connectivity index (χ4v) is 3.99. The first-order valence-electron chi connectivity index (χ1n) is 8.72. The Balaban J connectivity index is 1.46. The third kappa shape index (κ3) is 4.63. The van der Waals surface area contributed by atoms with Crippen LogP contribution < -0.4 is 15.5 Å². The average Bonchev–Trinajstić information content (AvgIpc) is 3.23. The first-order valence-corrected chi connectivity index (χ1v) is 9.51. The Kier molecular flexibility index (Phi) is 5.81. The molecule has 0 bridgehead atoms. The Labute approximate surface area is 147 Å². The predicted octanol–water partition coefficient (Wildman–Crippen LogP) is 3.38. The number of nitrogens with zero attached hydrogens (tertiary/aromatic N) is 2. The molecule has 1 aromatic rings. The summed E-state index contributed by atoms with van der Waals surface area (Å²) in [5.74, 6) is 1.65. The van der Waals surface area contributed by atoms with Crippen LogP contribution in [0.2, 0.25) is 0 Å². The van der Waals surface area contributed by atoms with Gasteiger partial charge in [0.05, 0.1) is 0 Å². The van der Waals surface area contributed by atoms with E-state index in [-0.39, 0.29) is 0 Å². The molecule has 1 heterocycles. The molecular formula is C18H27BrN4. The van der Waals surface area contributed by atoms with E-state index in [9.17, 15) is 0 Å². The molecule has 2 N–H and O–H groups in total. The highest BCUT2D eigenvalue weighted by molar-refractivity contribution is 9.10. The van der Waals surface area contributed by atoms with Crippen molar-refractivity contribution in [1.82, 2.24) is 10.6 Å². The lowest BCUT2D eigenvalue weighted by Crippen LogP contribution is -2.44. The Hall–Kier alpha value is -1.23. The van der Waals surface area contributed by atoms with Gasteiger partial charge < -0.3 is 15.5 Å². The van der Waals surface area contributed by atoms with E-state index in [1.54, 1.807) is 0 Å². The number of anilines is 1. The molecule has 1 aliphatic heterocycles. The maximum Gasteiger partial charge on any atom is 0.191 e. The minimum atomic E-state index is 0.614. The molecule has 23 heavy (non-hydrogen) atoms. The van der Waals surface area contributed by atoms with Gasteiger partial charge in [0, 0.05) is 42.9 Å². The standard InChI is InChI=1S/C18H27BrN4/c1-20-18(22-16-6-2-3-7-16)21-12-14-9-10-23(13-14)17-8-4-5-15(19)11-17/h4-5,8,11,14,16H,2-3,6-7,9-10,12-13H2,1H3,(H2,20,21,22). The van der Waals surface area contributed by atoms with Gasteiger partial charge in [-0.15, -0.1) is 0 Å². The zero-order valence-electron chi connectivity index (χ0n) is 13.9. The van der Waals surface area contributed by atoms with E-state index in [1.165, 1.54) is 37.8 Å². The third-order valence-electron chi connectivity index (χ3n) is 4.94. The fourth-order valence-electron chi connectivity index (χ4n) is 3.61. The van der Waals surface area contributed by atoms with Gasteiger partial charge in [-0.1, -0.05) is 34.8 Å². The van der Waals surface area contributed by atoms with Gasteiger partial charge in [-0.2, -0.15) is 0 Å². The highest BCUT2D eigenvalue weighted by atomic mass is 79.9. The van der Waals surface area contributed by atoms with Crippen molar-refractivity contribution in [3.63, 3.8) is 0 Å². The van der Waals surface area contributed by atoms with Gasteiger partial charge >= 0.3 is 0 Å². The summed E-state index contributed by atoms with van der Waals surface area (Å²) in [5.41, 5.74) is 1.32. The summed E-state index contributed by atoms with van der Waals surface area (Å²) >= 11 is 3.56. The molecule has 2 aliphatic rings. The van der Waals surface area contributed by atoms with Crippen LogP contribution in [-0.2, 0) is 0 Å². The predicted molar refractivity (Wildman–Crippen MR) is 101 cm³/mol. The molecule has 0 amide bonds. The van der Waals surface area contributed by atoms with Crippen LogP contribution >= 0.6 is 15.9 Å². The zero-order valence-corrected chi connectivity index (χ0v) is 15.5. The van der Waals surface area contributed by atoms with Crippen LogP contribution in [0.5, 0.6) is 0 Å². The second kappa shape index (κ2) is 8.04. The Morgan fingerprint density at radius 1 is 1.30 bits per heavy atom. The number of hydrogen-bond acceptors (Lipinski definition) is 2. The second-order valence-electron chi connectivity index (χ2n) is 6.66. The molecule has 5 heteroatoms. The number of aliphatic imine (C=N–C) groups is 1. The molecule has 3 rings (SSSR count). The maximum atomic E-state index is 4.38. The average molecular weight is 379 g/mol. The summed E-state index contributed by atoms with van der Waals surface area (Å²) in [5, 5.41) is 7.08. The molecule has 1 atom stereocenters. The van der Waals surface area contributed by atoms with Crippen molar-refractivity contribution in [2.75, 3.05) is 31.6 Å². The zero-order chi connectivity index (χ0) is 16.1. The Morgan fingerprint density at radius 2 is 2.13 bits per heavy atom. The SMILES string of the molecule is CN=C(NCC1CCN(c2cccc(Br)c2)C1)NC1CCCC1. The van der Waals surface area contributed by atoms with Crippen LogP contribution in [0.15, 0.2) is 33.7 Å². The molecule has 2 fully saturated rings. The largest absolute Gasteiger partial charge is 0.371 e. The summed E-state index contributed by atoms with van der Waals surface area (Å²) in [6.07, 6.45) is 6.49. The molecule has 1 saturated carbocycles. The Bertz CT molecular complexity index is 540. The second-order valence-corrected chi connectivity index (χ2v) is 7.58. The van der Waals surface area contributed by atoms with Gasteiger partial charge in [0.1, 0.15) is 0 Å². The van der Waals surface area contributed by atoms with Gasteiger partial charge in [-0.3, -0.25) is 4.99 Å². The summed E-state index contributed by atoms with van der Waals surface area (Å²) in [7, 11) is 1.87. The number of benzene rings is 1. The van der Waals surface area contributed by atoms with Crippen LogP contribution in [-0.4, -0.2) is 38.7 Å². The maximum absolute atomic E-state index is 4.38. The van der Waals surface area contributed by atoms with Gasteiger partial charge in [0.15, 0.2) is 5.96 Å². The number of rotatable bonds is 4. The first-order chi connectivity index (χ1) is 11.2. The molecule has 126 valence electrons. The topological polar surface area (TPSA) is 39.7 Å². The highest BCUT2D eigenvalue weighted by Crippen LogP contribution is 2.26. The van der Waals surface area contributed by atoms with Crippen LogP contribution in [0.25, 0.3) is 0 Å². The van der Waals surface area contributed by atoms with Crippen LogP contribution in [0.1, 0.15) is 32.1 Å². The summed E-state index contributed by atoms with van der Waals surface area (Å²) in [6, 6.07) is 9.20. The van der Waals surface area contributed by atoms with E-state index >= 15 is 0 Å². The van der Waals surface area contributed by atoms with Crippen LogP contribution in [0, 0.1) is 5.92 Å². The molecule has 1 aromatic carbocycles. The summed E-state index contributed by atoms with van der Waals surface area (Å²) < 4.78 is 1.15. The first kappa shape index (κ1) is 16.6. The highest BCUT2D eigenvalue weighted by Gasteiger charge is 2.23. The van der Waals surface area contributed by atoms with E-state index in [4.69, 9.17) is 0 Å². The number of guanidine groups is 1. The van der Waals surface area contributed by atoms with Crippen molar-refractivity contribution in [3.8, 4) is 0 Å². The lowest BCUT2D eigenvalue weighted by molar-refractivity contribution is 0.552. The van der Waals surface area contributed by atoms with Gasteiger partial charge in [0.25, 0.3) is 0 Å². The van der Waals surface area contributed by atoms with Gasteiger partial charge in [-0.25, -0.2) is 0 Å². The third-order valence-corrected chi connectivity index (χ3v) is 5.43. The van der Waals surface area contributed by atoms with Gasteiger partial charge in [-0.05, 0) is 43.4 Å². The quantitative estimate of drug-likeness (QED) is 0.622. The summed E-state index contributed by atoms with van der Waals surface area (Å²) in [4.78, 5) is 6.85. The van der Waals surface area contributed by atoms with E-state index in [1.807, 2.05) is 7.05 Å². The Morgan fingerprint density at radius 3 is 2.87 bits per heavy atom. The molecule has 0 aromatic heterocycles. The lowest BCUT2D eigenvalue weighted by Gasteiger charge is -2.20. The van der Waals surface area contributed by atoms with E-state index in [2.05, 4.69) is 60.7 Å². The molecule has 1 aliphatic carbocycles. The molecule has 0 radical (unpaired) electrons. The number of halogens is 1. The molecule has 4 nitrogen and oxygen atoms in total. The summed E-state index contributed by atoms with van der Waals surface area (Å²) in [6.45, 7) is 3.25. The molecular weight excluding hydrogens is 352 g/mol. The van der Waals surface area contributed by atoms with Crippen molar-refractivity contribution < 1.29 is 0 Å². The van der Waals surface area contributed by atoms with Crippen molar-refractivity contribution in [1.29, 1.82) is 0 Å². The smallest absolute Gasteiger partial charge is 0.191 e. The van der Waals surface area contributed by atoms with Crippen LogP contribution in [0.3, 0.4) is 0 Å². The van der Waals surface area contributed by atoms with Crippen molar-refractivity contribution in [3.05, 3.63) is 28.7 Å². The van der Waals surface area contributed by atoms with E-state index < -0.39 is 0 Å². The minimum Gasteiger partial charge on any atom is -0.371 e. The van der Waals surface area contributed by atoms with Crippen molar-refractivity contribution in [2.45, 2.75) is 38.1 Å². The fraction of sp³-hybridized carbons (Fsp3) is 0.611. The van der Waals surface area contributed by atoms with Crippen molar-refractivity contribution >= 4 is 27.6 Å². The normalized spacial score (nSPS) is 22.6. The molecule has 1 saturated heterocycles. The van der Waals surface area contributed by atoms with E-state index in [0.717, 1.165) is 30.1 Å². The lowest BCUT2D eigenvalue weighted by atomic mass is 10.1. The number of hydrogen-bond donors (Lipinski definition) is 2. The van der Waals surface area contributed by atoms with Crippen molar-refractivity contribution in [2.24, 2.45) is 10.9 Å². The van der Waals surface area contributed by atoms with Gasteiger partial charge in [0.2, 0.25) is 0 Å². The van der Waals surface area contributed by atoms with Crippen LogP contribution in [0.4, 0.5) is 5.69 Å². The molecule has 0 spiro atoms. The monoisotopic (exact) mass is 378 g/mol. The van der Waals surface area contributed by atoms with E-state index in [0.29, 0.717) is 12.0 Å².